The van der Waals surface area contributed by atoms with Gasteiger partial charge in [0.05, 0.1) is 7.11 Å². The highest BCUT2D eigenvalue weighted by Gasteiger charge is 2.73. The molecule has 1 aliphatic heterocycles. The third kappa shape index (κ3) is 1.16. The number of ketones is 1. The number of hydrogen-bond acceptors (Lipinski definition) is 6. The Kier molecular flexibility index (Phi) is 2.36. The molecular weight excluding hydrogens is 262 g/mol. The number of rotatable bonds is 1. The molecule has 3 unspecified atom stereocenters. The van der Waals surface area contributed by atoms with Gasteiger partial charge in [-0.2, -0.15) is 0 Å². The van der Waals surface area contributed by atoms with Crippen molar-refractivity contribution in [3.63, 3.8) is 0 Å². The minimum Gasteiger partial charge on any atom is -0.468 e. The molecule has 0 saturated carbocycles. The number of hydrogen-bond donors (Lipinski definition) is 3. The van der Waals surface area contributed by atoms with Crippen LogP contribution in [0.15, 0.2) is 36.5 Å². The predicted octanol–water partition coefficient (Wildman–Crippen LogP) is -0.335. The van der Waals surface area contributed by atoms with Crippen molar-refractivity contribution in [1.29, 1.82) is 0 Å². The highest BCUT2D eigenvalue weighted by Crippen LogP contribution is 2.53. The van der Waals surface area contributed by atoms with Gasteiger partial charge in [0.2, 0.25) is 11.5 Å². The zero-order chi connectivity index (χ0) is 14.7. The summed E-state index contributed by atoms with van der Waals surface area (Å²) in [5.74, 6) is -2.92. The molecule has 1 aliphatic carbocycles. The van der Waals surface area contributed by atoms with Crippen LogP contribution in [0.25, 0.3) is 0 Å². The Labute approximate surface area is 114 Å². The lowest BCUT2D eigenvalue weighted by Gasteiger charge is -2.31. The summed E-state index contributed by atoms with van der Waals surface area (Å²) >= 11 is 0. The predicted molar refractivity (Wildman–Crippen MR) is 67.4 cm³/mol. The first kappa shape index (κ1) is 12.8. The third-order valence-corrected chi connectivity index (χ3v) is 4.00. The fourth-order valence-electron chi connectivity index (χ4n) is 3.06. The molecule has 3 atom stereocenters. The first-order valence-corrected chi connectivity index (χ1v) is 6.01. The van der Waals surface area contributed by atoms with Crippen molar-refractivity contribution in [1.82, 2.24) is 5.32 Å². The van der Waals surface area contributed by atoms with Gasteiger partial charge >= 0.3 is 5.97 Å². The van der Waals surface area contributed by atoms with Crippen molar-refractivity contribution in [3.8, 4) is 0 Å². The van der Waals surface area contributed by atoms with Gasteiger partial charge in [0, 0.05) is 16.8 Å². The van der Waals surface area contributed by atoms with E-state index in [1.54, 1.807) is 12.1 Å². The van der Waals surface area contributed by atoms with Crippen LogP contribution in [0.2, 0.25) is 0 Å². The number of fused-ring (bicyclic) bond motifs is 3. The summed E-state index contributed by atoms with van der Waals surface area (Å²) in [5.41, 5.74) is -3.98. The largest absolute Gasteiger partial charge is 0.468 e. The number of methoxy groups -OCH3 is 1. The van der Waals surface area contributed by atoms with Crippen molar-refractivity contribution in [2.24, 2.45) is 5.92 Å². The summed E-state index contributed by atoms with van der Waals surface area (Å²) < 4.78 is 4.61. The molecule has 1 heterocycles. The van der Waals surface area contributed by atoms with Gasteiger partial charge in [-0.05, 0) is 0 Å². The van der Waals surface area contributed by atoms with Gasteiger partial charge < -0.3 is 20.3 Å². The normalized spacial score (nSPS) is 34.5. The van der Waals surface area contributed by atoms with E-state index in [1.807, 2.05) is 0 Å². The van der Waals surface area contributed by atoms with Gasteiger partial charge in [-0.25, -0.2) is 0 Å². The van der Waals surface area contributed by atoms with Crippen LogP contribution in [0.1, 0.15) is 15.9 Å². The van der Waals surface area contributed by atoms with Gasteiger partial charge in [0.25, 0.3) is 0 Å². The number of carbonyl (C=O) groups excluding carboxylic acids is 2. The number of carbonyl (C=O) groups is 2. The fourth-order valence-corrected chi connectivity index (χ4v) is 3.06. The van der Waals surface area contributed by atoms with Gasteiger partial charge in [-0.1, -0.05) is 30.8 Å². The van der Waals surface area contributed by atoms with Crippen molar-refractivity contribution < 1.29 is 24.5 Å². The van der Waals surface area contributed by atoms with E-state index in [4.69, 9.17) is 0 Å². The molecular formula is C14H13NO5. The number of ether oxygens (including phenoxy) is 1. The number of aliphatic hydroxyl groups is 2. The lowest BCUT2D eigenvalue weighted by molar-refractivity contribution is -0.163. The van der Waals surface area contributed by atoms with Crippen LogP contribution in [0.5, 0.6) is 0 Å². The van der Waals surface area contributed by atoms with E-state index in [-0.39, 0.29) is 16.8 Å². The van der Waals surface area contributed by atoms with Gasteiger partial charge in [0.1, 0.15) is 5.92 Å². The van der Waals surface area contributed by atoms with E-state index in [9.17, 15) is 19.8 Å². The molecule has 1 fully saturated rings. The summed E-state index contributed by atoms with van der Waals surface area (Å²) in [6.45, 7) is 3.60. The molecule has 3 N–H and O–H groups in total. The molecule has 0 aromatic heterocycles. The Morgan fingerprint density at radius 1 is 1.40 bits per heavy atom. The third-order valence-electron chi connectivity index (χ3n) is 4.00. The Morgan fingerprint density at radius 3 is 2.70 bits per heavy atom. The minimum absolute atomic E-state index is 0.0460. The molecule has 3 rings (SSSR count). The van der Waals surface area contributed by atoms with Crippen LogP contribution in [-0.4, -0.2) is 34.7 Å². The molecule has 0 bridgehead atoms. The molecule has 0 spiro atoms. The van der Waals surface area contributed by atoms with Gasteiger partial charge in [-0.3, -0.25) is 9.59 Å². The second kappa shape index (κ2) is 3.68. The molecule has 20 heavy (non-hydrogen) atoms. The van der Waals surface area contributed by atoms with E-state index in [0.29, 0.717) is 0 Å². The van der Waals surface area contributed by atoms with Gasteiger partial charge in [-0.15, -0.1) is 0 Å². The number of benzene rings is 1. The van der Waals surface area contributed by atoms with Crippen molar-refractivity contribution in [2.45, 2.75) is 11.3 Å². The van der Waals surface area contributed by atoms with Crippen LogP contribution < -0.4 is 5.32 Å². The van der Waals surface area contributed by atoms with Crippen LogP contribution in [0.3, 0.4) is 0 Å². The van der Waals surface area contributed by atoms with E-state index < -0.39 is 29.0 Å². The summed E-state index contributed by atoms with van der Waals surface area (Å²) in [6.07, 6.45) is 0. The molecule has 6 heteroatoms. The second-order valence-corrected chi connectivity index (χ2v) is 4.96. The number of nitrogens with one attached hydrogen (secondary N) is 1. The SMILES string of the molecule is C=C1NC2(O)c3ccccc3C(=O)C2(O)C1C(=O)OC. The van der Waals surface area contributed by atoms with Crippen LogP contribution in [0, 0.1) is 5.92 Å². The summed E-state index contributed by atoms with van der Waals surface area (Å²) in [7, 11) is 1.14. The maximum absolute atomic E-state index is 12.5. The van der Waals surface area contributed by atoms with Gasteiger partial charge in [0.15, 0.2) is 5.60 Å². The molecule has 1 aromatic rings. The maximum atomic E-state index is 12.5. The quantitative estimate of drug-likeness (QED) is 0.607. The maximum Gasteiger partial charge on any atom is 0.318 e. The highest BCUT2D eigenvalue weighted by molar-refractivity contribution is 6.11. The lowest BCUT2D eigenvalue weighted by Crippen LogP contribution is -2.57. The lowest BCUT2D eigenvalue weighted by atomic mass is 9.81. The zero-order valence-electron chi connectivity index (χ0n) is 10.7. The first-order chi connectivity index (χ1) is 9.38. The molecule has 2 aliphatic rings. The molecule has 0 amide bonds. The average Bonchev–Trinajstić information content (AvgIpc) is 2.74. The van der Waals surface area contributed by atoms with E-state index in [0.717, 1.165) is 7.11 Å². The van der Waals surface area contributed by atoms with Crippen molar-refractivity contribution in [3.05, 3.63) is 47.7 Å². The number of Topliss-reactive ketones (excluding diaryl/α,β-unsaturated/α-hetero) is 1. The van der Waals surface area contributed by atoms with Crippen LogP contribution in [0.4, 0.5) is 0 Å². The van der Waals surface area contributed by atoms with E-state index >= 15 is 0 Å². The summed E-state index contributed by atoms with van der Waals surface area (Å²) in [4.78, 5) is 24.3. The van der Waals surface area contributed by atoms with Crippen LogP contribution in [-0.2, 0) is 15.3 Å². The Balaban J connectivity index is 2.26. The highest BCUT2D eigenvalue weighted by atomic mass is 16.5. The molecule has 0 radical (unpaired) electrons. The summed E-state index contributed by atoms with van der Waals surface area (Å²) in [5, 5.41) is 24.1. The van der Waals surface area contributed by atoms with Crippen molar-refractivity contribution in [2.75, 3.05) is 7.11 Å². The van der Waals surface area contributed by atoms with E-state index in [2.05, 4.69) is 16.6 Å². The standard InChI is InChI=1S/C14H13NO5/c1-7-10(12(17)20-2)13(18)11(16)8-5-3-4-6-9(8)14(13,19)15-7/h3-6,10,15,18-19H,1H2,2H3. The topological polar surface area (TPSA) is 95.9 Å². The Morgan fingerprint density at radius 2 is 2.05 bits per heavy atom. The minimum atomic E-state index is -2.35. The Hall–Kier alpha value is -2.18. The first-order valence-electron chi connectivity index (χ1n) is 6.01. The van der Waals surface area contributed by atoms with Crippen LogP contribution >= 0.6 is 0 Å². The molecule has 1 aromatic carbocycles. The molecule has 6 nitrogen and oxygen atoms in total. The zero-order valence-corrected chi connectivity index (χ0v) is 10.7. The van der Waals surface area contributed by atoms with Crippen molar-refractivity contribution >= 4 is 11.8 Å². The monoisotopic (exact) mass is 275 g/mol. The molecule has 1 saturated heterocycles. The summed E-state index contributed by atoms with van der Waals surface area (Å²) in [6, 6.07) is 6.26. The second-order valence-electron chi connectivity index (χ2n) is 4.96. The smallest absolute Gasteiger partial charge is 0.318 e. The number of esters is 1. The van der Waals surface area contributed by atoms with E-state index in [1.165, 1.54) is 12.1 Å². The fraction of sp³-hybridized carbons (Fsp3) is 0.286. The molecule has 104 valence electrons. The average molecular weight is 275 g/mol. The Bertz CT molecular complexity index is 655.